The van der Waals surface area contributed by atoms with E-state index in [2.05, 4.69) is 0 Å². The van der Waals surface area contributed by atoms with Crippen molar-refractivity contribution in [3.8, 4) is 0 Å². The Kier molecular flexibility index (Phi) is 4.87. The zero-order valence-corrected chi connectivity index (χ0v) is 11.1. The van der Waals surface area contributed by atoms with Crippen LogP contribution in [-0.2, 0) is 9.53 Å². The van der Waals surface area contributed by atoms with E-state index in [1.807, 2.05) is 0 Å². The maximum atomic E-state index is 12.4. The van der Waals surface area contributed by atoms with Crippen molar-refractivity contribution in [2.75, 3.05) is 39.4 Å². The standard InChI is InChI=1S/C12H19F3N2O3/c13-12(14,15)10(18)8-17-3-1-2-9(17)11(19)16-4-6-20-7-5-16/h9-10,18H,1-8H2/t9-,10-/m0/s1. The van der Waals surface area contributed by atoms with E-state index in [1.165, 1.54) is 4.90 Å². The molecule has 0 spiro atoms. The molecule has 0 radical (unpaired) electrons. The summed E-state index contributed by atoms with van der Waals surface area (Å²) in [7, 11) is 0. The van der Waals surface area contributed by atoms with Crippen molar-refractivity contribution in [3.05, 3.63) is 0 Å². The molecule has 0 bridgehead atoms. The number of morpholine rings is 1. The number of β-amino-alcohol motifs (C(OH)–C–C–N with tert-alkyl or cyclic N) is 1. The van der Waals surface area contributed by atoms with Gasteiger partial charge in [-0.15, -0.1) is 0 Å². The third kappa shape index (κ3) is 3.62. The summed E-state index contributed by atoms with van der Waals surface area (Å²) in [5.74, 6) is -0.153. The van der Waals surface area contributed by atoms with Gasteiger partial charge in [0.25, 0.3) is 0 Å². The lowest BCUT2D eigenvalue weighted by Gasteiger charge is -2.33. The van der Waals surface area contributed by atoms with Crippen LogP contribution in [0.1, 0.15) is 12.8 Å². The smallest absolute Gasteiger partial charge is 0.382 e. The molecular weight excluding hydrogens is 277 g/mol. The first-order valence-electron chi connectivity index (χ1n) is 6.75. The number of hydrogen-bond acceptors (Lipinski definition) is 4. The summed E-state index contributed by atoms with van der Waals surface area (Å²) in [6.45, 7) is 1.75. The fraction of sp³-hybridized carbons (Fsp3) is 0.917. The molecule has 2 heterocycles. The molecule has 2 aliphatic heterocycles. The van der Waals surface area contributed by atoms with E-state index in [9.17, 15) is 18.0 Å². The number of carbonyl (C=O) groups is 1. The Balaban J connectivity index is 1.94. The average molecular weight is 296 g/mol. The molecule has 1 amide bonds. The predicted octanol–water partition coefficient (Wildman–Crippen LogP) is 0.233. The molecule has 0 unspecified atom stereocenters. The number of aliphatic hydroxyl groups excluding tert-OH is 1. The maximum absolute atomic E-state index is 12.4. The minimum absolute atomic E-state index is 0.153. The molecule has 0 aliphatic carbocycles. The minimum Gasteiger partial charge on any atom is -0.382 e. The second-order valence-corrected chi connectivity index (χ2v) is 5.15. The molecule has 0 aromatic heterocycles. The number of ether oxygens (including phenoxy) is 1. The van der Waals surface area contributed by atoms with E-state index < -0.39 is 24.9 Å². The van der Waals surface area contributed by atoms with Crippen LogP contribution in [0, 0.1) is 0 Å². The van der Waals surface area contributed by atoms with Gasteiger partial charge in [0, 0.05) is 19.6 Å². The van der Waals surface area contributed by atoms with Crippen molar-refractivity contribution in [3.63, 3.8) is 0 Å². The van der Waals surface area contributed by atoms with Crippen molar-refractivity contribution in [2.45, 2.75) is 31.2 Å². The summed E-state index contributed by atoms with van der Waals surface area (Å²) in [5, 5.41) is 9.14. The summed E-state index contributed by atoms with van der Waals surface area (Å²) in [4.78, 5) is 15.4. The van der Waals surface area contributed by atoms with Gasteiger partial charge in [-0.2, -0.15) is 13.2 Å². The van der Waals surface area contributed by atoms with Crippen molar-refractivity contribution in [1.29, 1.82) is 0 Å². The lowest BCUT2D eigenvalue weighted by atomic mass is 10.1. The Bertz CT molecular complexity index is 345. The van der Waals surface area contributed by atoms with Gasteiger partial charge in [-0.3, -0.25) is 9.69 Å². The second-order valence-electron chi connectivity index (χ2n) is 5.15. The van der Waals surface area contributed by atoms with Gasteiger partial charge >= 0.3 is 6.18 Å². The SMILES string of the molecule is O=C([C@@H]1CCCN1C[C@H](O)C(F)(F)F)N1CCOCC1. The minimum atomic E-state index is -4.64. The number of amides is 1. The topological polar surface area (TPSA) is 53.0 Å². The number of alkyl halides is 3. The van der Waals surface area contributed by atoms with Crippen LogP contribution in [-0.4, -0.2) is 78.5 Å². The predicted molar refractivity (Wildman–Crippen MR) is 64.1 cm³/mol. The summed E-state index contributed by atoms with van der Waals surface area (Å²) in [5.41, 5.74) is 0. The molecule has 116 valence electrons. The zero-order chi connectivity index (χ0) is 14.8. The lowest BCUT2D eigenvalue weighted by molar-refractivity contribution is -0.209. The first-order chi connectivity index (χ1) is 9.39. The van der Waals surface area contributed by atoms with Crippen molar-refractivity contribution >= 4 is 5.91 Å². The molecule has 2 saturated heterocycles. The Morgan fingerprint density at radius 3 is 2.55 bits per heavy atom. The largest absolute Gasteiger partial charge is 0.415 e. The molecular formula is C12H19F3N2O3. The van der Waals surface area contributed by atoms with E-state index in [4.69, 9.17) is 9.84 Å². The van der Waals surface area contributed by atoms with E-state index in [-0.39, 0.29) is 5.91 Å². The lowest BCUT2D eigenvalue weighted by Crippen LogP contribution is -2.52. The van der Waals surface area contributed by atoms with Gasteiger partial charge in [0.15, 0.2) is 6.10 Å². The second kappa shape index (κ2) is 6.28. The van der Waals surface area contributed by atoms with Crippen LogP contribution in [0.5, 0.6) is 0 Å². The van der Waals surface area contributed by atoms with Crippen LogP contribution in [0.4, 0.5) is 13.2 Å². The summed E-state index contributed by atoms with van der Waals surface area (Å²) < 4.78 is 42.3. The maximum Gasteiger partial charge on any atom is 0.415 e. The normalized spacial score (nSPS) is 26.8. The average Bonchev–Trinajstić information content (AvgIpc) is 2.86. The monoisotopic (exact) mass is 296 g/mol. The molecule has 1 N–H and O–H groups in total. The number of likely N-dealkylation sites (tertiary alicyclic amines) is 1. The highest BCUT2D eigenvalue weighted by Crippen LogP contribution is 2.25. The molecule has 0 aromatic carbocycles. The molecule has 5 nitrogen and oxygen atoms in total. The highest BCUT2D eigenvalue weighted by molar-refractivity contribution is 5.82. The number of carbonyl (C=O) groups excluding carboxylic acids is 1. The van der Waals surface area contributed by atoms with Gasteiger partial charge in [-0.1, -0.05) is 0 Å². The van der Waals surface area contributed by atoms with Gasteiger partial charge in [0.1, 0.15) is 0 Å². The fourth-order valence-corrected chi connectivity index (χ4v) is 2.64. The molecule has 8 heteroatoms. The van der Waals surface area contributed by atoms with E-state index >= 15 is 0 Å². The molecule has 20 heavy (non-hydrogen) atoms. The Morgan fingerprint density at radius 2 is 1.95 bits per heavy atom. The number of hydrogen-bond donors (Lipinski definition) is 1. The van der Waals surface area contributed by atoms with Gasteiger partial charge in [0.2, 0.25) is 5.91 Å². The van der Waals surface area contributed by atoms with Crippen molar-refractivity contribution in [1.82, 2.24) is 9.80 Å². The van der Waals surface area contributed by atoms with Gasteiger partial charge in [0.05, 0.1) is 19.3 Å². The molecule has 2 aliphatic rings. The summed E-state index contributed by atoms with van der Waals surface area (Å²) in [6.07, 6.45) is -5.83. The zero-order valence-electron chi connectivity index (χ0n) is 11.1. The molecule has 2 atom stereocenters. The van der Waals surface area contributed by atoms with Crippen LogP contribution in [0.3, 0.4) is 0 Å². The molecule has 2 rings (SSSR count). The van der Waals surface area contributed by atoms with Crippen LogP contribution in [0.15, 0.2) is 0 Å². The Labute approximate surface area is 115 Å². The highest BCUT2D eigenvalue weighted by Gasteiger charge is 2.42. The third-order valence-corrected chi connectivity index (χ3v) is 3.76. The first-order valence-corrected chi connectivity index (χ1v) is 6.75. The van der Waals surface area contributed by atoms with Crippen LogP contribution in [0.25, 0.3) is 0 Å². The van der Waals surface area contributed by atoms with Gasteiger partial charge < -0.3 is 14.7 Å². The van der Waals surface area contributed by atoms with E-state index in [0.717, 1.165) is 0 Å². The molecule has 0 aromatic rings. The van der Waals surface area contributed by atoms with E-state index in [1.54, 1.807) is 4.90 Å². The number of rotatable bonds is 3. The van der Waals surface area contributed by atoms with Crippen molar-refractivity contribution in [2.24, 2.45) is 0 Å². The van der Waals surface area contributed by atoms with Gasteiger partial charge in [-0.05, 0) is 19.4 Å². The summed E-state index contributed by atoms with van der Waals surface area (Å²) in [6, 6.07) is -0.551. The van der Waals surface area contributed by atoms with E-state index in [0.29, 0.717) is 45.7 Å². The number of aliphatic hydroxyl groups is 1. The number of halogens is 3. The van der Waals surface area contributed by atoms with Crippen LogP contribution in [0.2, 0.25) is 0 Å². The Hall–Kier alpha value is -0.860. The fourth-order valence-electron chi connectivity index (χ4n) is 2.64. The van der Waals surface area contributed by atoms with Crippen LogP contribution >= 0.6 is 0 Å². The first kappa shape index (κ1) is 15.5. The Morgan fingerprint density at radius 1 is 1.30 bits per heavy atom. The van der Waals surface area contributed by atoms with Crippen LogP contribution < -0.4 is 0 Å². The quantitative estimate of drug-likeness (QED) is 0.810. The van der Waals surface area contributed by atoms with Crippen molar-refractivity contribution < 1.29 is 27.8 Å². The summed E-state index contributed by atoms with van der Waals surface area (Å²) >= 11 is 0. The molecule has 2 fully saturated rings. The highest BCUT2D eigenvalue weighted by atomic mass is 19.4. The third-order valence-electron chi connectivity index (χ3n) is 3.76. The van der Waals surface area contributed by atoms with Gasteiger partial charge in [-0.25, -0.2) is 0 Å². The number of nitrogens with zero attached hydrogens (tertiary/aromatic N) is 2. The molecule has 0 saturated carbocycles.